The number of benzene rings is 1. The summed E-state index contributed by atoms with van der Waals surface area (Å²) in [5.74, 6) is 0. The number of hydrogen-bond acceptors (Lipinski definition) is 3. The number of nitrogens with zero attached hydrogens (tertiary/aromatic N) is 1. The van der Waals surface area contributed by atoms with Gasteiger partial charge in [-0.2, -0.15) is 5.26 Å². The first-order valence-corrected chi connectivity index (χ1v) is 7.78. The van der Waals surface area contributed by atoms with Crippen molar-refractivity contribution in [2.45, 2.75) is 44.4 Å². The molecule has 1 N–H and O–H groups in total. The Morgan fingerprint density at radius 1 is 1.37 bits per heavy atom. The smallest absolute Gasteiger partial charge is 0.212 e. The number of rotatable bonds is 2. The van der Waals surface area contributed by atoms with Gasteiger partial charge < -0.3 is 0 Å². The van der Waals surface area contributed by atoms with Crippen LogP contribution in [-0.4, -0.2) is 13.2 Å². The molecule has 1 aliphatic carbocycles. The Hall–Kier alpha value is -1.38. The highest BCUT2D eigenvalue weighted by molar-refractivity contribution is 7.90. The van der Waals surface area contributed by atoms with E-state index in [1.165, 1.54) is 0 Å². The Labute approximate surface area is 114 Å². The first-order valence-electron chi connectivity index (χ1n) is 6.30. The van der Waals surface area contributed by atoms with Gasteiger partial charge in [-0.05, 0) is 50.8 Å². The van der Waals surface area contributed by atoms with Crippen molar-refractivity contribution in [2.24, 2.45) is 0 Å². The van der Waals surface area contributed by atoms with E-state index in [0.29, 0.717) is 12.0 Å². The molecule has 0 radical (unpaired) electrons. The molecule has 0 spiro atoms. The van der Waals surface area contributed by atoms with Gasteiger partial charge in [0, 0.05) is 6.04 Å². The lowest BCUT2D eigenvalue weighted by Crippen LogP contribution is -2.40. The minimum atomic E-state index is -3.38. The molecule has 2 rings (SSSR count). The lowest BCUT2D eigenvalue weighted by atomic mass is 10.0. The molecule has 1 atom stereocenters. The number of nitrogens with one attached hydrogen (secondary N) is 1. The van der Waals surface area contributed by atoms with E-state index in [9.17, 15) is 8.42 Å². The SMILES string of the molecule is CC(C)(C)S(=O)(=O)NC1CCc2c(C#N)cccc21. The molecule has 0 amide bonds. The molecule has 0 saturated heterocycles. The van der Waals surface area contributed by atoms with Crippen LogP contribution in [0, 0.1) is 11.3 Å². The zero-order valence-corrected chi connectivity index (χ0v) is 12.2. The molecule has 4 nitrogen and oxygen atoms in total. The van der Waals surface area contributed by atoms with Crippen LogP contribution in [-0.2, 0) is 16.4 Å². The molecule has 102 valence electrons. The van der Waals surface area contributed by atoms with Crippen molar-refractivity contribution >= 4 is 10.0 Å². The van der Waals surface area contributed by atoms with Crippen molar-refractivity contribution in [3.05, 3.63) is 34.9 Å². The standard InChI is InChI=1S/C14H18N2O2S/c1-14(2,3)19(17,18)16-13-8-7-11-10(9-15)5-4-6-12(11)13/h4-6,13,16H,7-8H2,1-3H3. The fourth-order valence-corrected chi connectivity index (χ4v) is 3.22. The van der Waals surface area contributed by atoms with Crippen LogP contribution in [0.25, 0.3) is 0 Å². The van der Waals surface area contributed by atoms with Gasteiger partial charge >= 0.3 is 0 Å². The Kier molecular flexibility index (Phi) is 3.41. The van der Waals surface area contributed by atoms with E-state index in [0.717, 1.165) is 17.5 Å². The minimum Gasteiger partial charge on any atom is -0.212 e. The van der Waals surface area contributed by atoms with Gasteiger partial charge in [-0.15, -0.1) is 0 Å². The molecule has 1 aliphatic rings. The first-order chi connectivity index (χ1) is 8.76. The van der Waals surface area contributed by atoms with Crippen molar-refractivity contribution in [2.75, 3.05) is 0 Å². The minimum absolute atomic E-state index is 0.215. The van der Waals surface area contributed by atoms with Gasteiger partial charge in [0.15, 0.2) is 0 Å². The molecule has 0 heterocycles. The molecule has 0 fully saturated rings. The molecule has 1 aromatic carbocycles. The van der Waals surface area contributed by atoms with E-state index in [1.54, 1.807) is 32.9 Å². The largest absolute Gasteiger partial charge is 0.217 e. The van der Waals surface area contributed by atoms with E-state index in [-0.39, 0.29) is 6.04 Å². The molecule has 0 saturated carbocycles. The Morgan fingerprint density at radius 3 is 2.63 bits per heavy atom. The van der Waals surface area contributed by atoms with Crippen LogP contribution in [0.15, 0.2) is 18.2 Å². The molecule has 0 aromatic heterocycles. The molecular formula is C14H18N2O2S. The summed E-state index contributed by atoms with van der Waals surface area (Å²) in [6, 6.07) is 7.43. The number of hydrogen-bond donors (Lipinski definition) is 1. The lowest BCUT2D eigenvalue weighted by molar-refractivity contribution is 0.522. The zero-order valence-electron chi connectivity index (χ0n) is 11.4. The Bertz CT molecular complexity index is 636. The zero-order chi connectivity index (χ0) is 14.3. The van der Waals surface area contributed by atoms with E-state index in [1.807, 2.05) is 6.07 Å². The highest BCUT2D eigenvalue weighted by Crippen LogP contribution is 2.34. The van der Waals surface area contributed by atoms with Gasteiger partial charge in [0.05, 0.1) is 16.4 Å². The van der Waals surface area contributed by atoms with Gasteiger partial charge in [0.1, 0.15) is 0 Å². The molecule has 0 aliphatic heterocycles. The fraction of sp³-hybridized carbons (Fsp3) is 0.500. The summed E-state index contributed by atoms with van der Waals surface area (Å²) in [5, 5.41) is 9.06. The Morgan fingerprint density at radius 2 is 2.05 bits per heavy atom. The normalized spacial score (nSPS) is 18.9. The average molecular weight is 278 g/mol. The van der Waals surface area contributed by atoms with Crippen LogP contribution in [0.2, 0.25) is 0 Å². The van der Waals surface area contributed by atoms with Crippen LogP contribution in [0.4, 0.5) is 0 Å². The van der Waals surface area contributed by atoms with Gasteiger partial charge in [-0.1, -0.05) is 12.1 Å². The van der Waals surface area contributed by atoms with E-state index in [4.69, 9.17) is 5.26 Å². The number of sulfonamides is 1. The summed E-state index contributed by atoms with van der Waals surface area (Å²) >= 11 is 0. The third kappa shape index (κ3) is 2.51. The molecule has 1 aromatic rings. The lowest BCUT2D eigenvalue weighted by Gasteiger charge is -2.23. The van der Waals surface area contributed by atoms with Gasteiger partial charge in [-0.3, -0.25) is 0 Å². The van der Waals surface area contributed by atoms with Crippen LogP contribution in [0.1, 0.15) is 49.9 Å². The summed E-state index contributed by atoms with van der Waals surface area (Å²) in [4.78, 5) is 0. The van der Waals surface area contributed by atoms with Crippen LogP contribution < -0.4 is 4.72 Å². The summed E-state index contributed by atoms with van der Waals surface area (Å²) in [6.45, 7) is 5.03. The highest BCUT2D eigenvalue weighted by Gasteiger charge is 2.34. The maximum Gasteiger partial charge on any atom is 0.217 e. The quantitative estimate of drug-likeness (QED) is 0.902. The third-order valence-corrected chi connectivity index (χ3v) is 5.70. The first kappa shape index (κ1) is 14.0. The topological polar surface area (TPSA) is 70.0 Å². The predicted molar refractivity (Wildman–Crippen MR) is 74.0 cm³/mol. The summed E-state index contributed by atoms with van der Waals surface area (Å²) in [6.07, 6.45) is 1.46. The summed E-state index contributed by atoms with van der Waals surface area (Å²) < 4.78 is 26.3. The average Bonchev–Trinajstić information content (AvgIpc) is 2.70. The van der Waals surface area contributed by atoms with Crippen molar-refractivity contribution in [3.8, 4) is 6.07 Å². The second-order valence-electron chi connectivity index (χ2n) is 5.81. The predicted octanol–water partition coefficient (Wildman–Crippen LogP) is 2.26. The van der Waals surface area contributed by atoms with Gasteiger partial charge in [0.25, 0.3) is 0 Å². The number of nitriles is 1. The second-order valence-corrected chi connectivity index (χ2v) is 8.28. The molecular weight excluding hydrogens is 260 g/mol. The molecule has 0 bridgehead atoms. The van der Waals surface area contributed by atoms with Crippen molar-refractivity contribution in [3.63, 3.8) is 0 Å². The van der Waals surface area contributed by atoms with Gasteiger partial charge in [-0.25, -0.2) is 13.1 Å². The van der Waals surface area contributed by atoms with Crippen molar-refractivity contribution < 1.29 is 8.42 Å². The summed E-state index contributed by atoms with van der Waals surface area (Å²) in [5.41, 5.74) is 2.56. The van der Waals surface area contributed by atoms with Crippen molar-refractivity contribution in [1.82, 2.24) is 4.72 Å². The third-order valence-electron chi connectivity index (χ3n) is 3.49. The van der Waals surface area contributed by atoms with Gasteiger partial charge in [0.2, 0.25) is 10.0 Å². The fourth-order valence-electron chi connectivity index (χ4n) is 2.25. The maximum atomic E-state index is 12.2. The highest BCUT2D eigenvalue weighted by atomic mass is 32.2. The monoisotopic (exact) mass is 278 g/mol. The van der Waals surface area contributed by atoms with E-state index >= 15 is 0 Å². The molecule has 1 unspecified atom stereocenters. The van der Waals surface area contributed by atoms with E-state index in [2.05, 4.69) is 10.8 Å². The van der Waals surface area contributed by atoms with Crippen LogP contribution in [0.5, 0.6) is 0 Å². The van der Waals surface area contributed by atoms with Crippen molar-refractivity contribution in [1.29, 1.82) is 5.26 Å². The Balaban J connectivity index is 2.33. The van der Waals surface area contributed by atoms with E-state index < -0.39 is 14.8 Å². The summed E-state index contributed by atoms with van der Waals surface area (Å²) in [7, 11) is -3.38. The second kappa shape index (κ2) is 4.62. The number of fused-ring (bicyclic) bond motifs is 1. The maximum absolute atomic E-state index is 12.2. The van der Waals surface area contributed by atoms with Crippen LogP contribution in [0.3, 0.4) is 0 Å². The van der Waals surface area contributed by atoms with Crippen LogP contribution >= 0.6 is 0 Å². The molecule has 19 heavy (non-hydrogen) atoms. The molecule has 5 heteroatoms.